The largest absolute Gasteiger partial charge is 0.490 e. The van der Waals surface area contributed by atoms with Gasteiger partial charge < -0.3 is 14.7 Å². The Hall–Kier alpha value is -4.26. The van der Waals surface area contributed by atoms with E-state index in [0.717, 1.165) is 11.1 Å². The van der Waals surface area contributed by atoms with Gasteiger partial charge in [-0.25, -0.2) is 4.79 Å². The highest BCUT2D eigenvalue weighted by atomic mass is 19.4. The number of likely N-dealkylation sites (tertiary alicyclic amines) is 1. The third-order valence-electron chi connectivity index (χ3n) is 7.40. The van der Waals surface area contributed by atoms with E-state index in [1.165, 1.54) is 12.0 Å². The average Bonchev–Trinajstić information content (AvgIpc) is 3.39. The van der Waals surface area contributed by atoms with Crippen LogP contribution in [-0.2, 0) is 30.5 Å². The fourth-order valence-electron chi connectivity index (χ4n) is 5.28. The lowest BCUT2D eigenvalue weighted by molar-refractivity contribution is -0.192. The molecule has 0 saturated carbocycles. The summed E-state index contributed by atoms with van der Waals surface area (Å²) in [5.41, 5.74) is 1.03. The highest BCUT2D eigenvalue weighted by Gasteiger charge is 2.66. The molecule has 0 bridgehead atoms. The zero-order chi connectivity index (χ0) is 31.4. The van der Waals surface area contributed by atoms with Crippen molar-refractivity contribution >= 4 is 29.7 Å². The monoisotopic (exact) mass is 591 g/mol. The van der Waals surface area contributed by atoms with Crippen molar-refractivity contribution in [2.24, 2.45) is 11.8 Å². The number of rotatable bonds is 7. The number of likely N-dealkylation sites (N-methyl/N-ethyl adjacent to an activating group) is 1. The van der Waals surface area contributed by atoms with Gasteiger partial charge in [-0.3, -0.25) is 29.4 Å². The number of carbonyl (C=O) groups excluding carboxylic acids is 4. The van der Waals surface area contributed by atoms with Crippen LogP contribution in [0.15, 0.2) is 54.6 Å². The van der Waals surface area contributed by atoms with Gasteiger partial charge in [0, 0.05) is 24.7 Å². The van der Waals surface area contributed by atoms with E-state index in [-0.39, 0.29) is 24.9 Å². The van der Waals surface area contributed by atoms with Gasteiger partial charge in [-0.15, -0.1) is 0 Å². The van der Waals surface area contributed by atoms with E-state index < -0.39 is 47.4 Å². The highest BCUT2D eigenvalue weighted by Crippen LogP contribution is 2.44. The van der Waals surface area contributed by atoms with Crippen LogP contribution in [0.2, 0.25) is 0 Å². The normalized spacial score (nSPS) is 23.1. The second-order valence-corrected chi connectivity index (χ2v) is 10.2. The number of amides is 3. The molecular weight excluding hydrogens is 559 g/mol. The SMILES string of the molecule is CCN(C[C@H]1N[C@@](C)(C(=O)OC)[C@H]2C(=O)N(Cc3ccccc3)C(=O)[C@@H]12)C(=O)c1ccc(C)cc1.O=C(O)C(F)(F)F. The van der Waals surface area contributed by atoms with E-state index in [2.05, 4.69) is 5.32 Å². The number of ether oxygens (including phenoxy) is 1. The molecule has 2 aromatic rings. The minimum absolute atomic E-state index is 0.134. The molecule has 0 aliphatic carbocycles. The molecule has 2 heterocycles. The molecule has 13 heteroatoms. The number of hydrogen-bond donors (Lipinski definition) is 2. The fraction of sp³-hybridized carbons (Fsp3) is 0.414. The number of aliphatic carboxylic acids is 1. The summed E-state index contributed by atoms with van der Waals surface area (Å²) in [6, 6.07) is 16.0. The smallest absolute Gasteiger partial charge is 0.475 e. The van der Waals surface area contributed by atoms with E-state index in [1.807, 2.05) is 56.3 Å². The summed E-state index contributed by atoms with van der Waals surface area (Å²) in [7, 11) is 1.26. The van der Waals surface area contributed by atoms with E-state index in [1.54, 1.807) is 24.0 Å². The van der Waals surface area contributed by atoms with Crippen molar-refractivity contribution < 1.29 is 47.0 Å². The second-order valence-electron chi connectivity index (χ2n) is 10.2. The number of esters is 1. The van der Waals surface area contributed by atoms with Gasteiger partial charge in [-0.1, -0.05) is 48.0 Å². The molecular formula is C29H32F3N3O7. The minimum atomic E-state index is -5.08. The molecule has 2 aromatic carbocycles. The van der Waals surface area contributed by atoms with E-state index in [9.17, 15) is 32.3 Å². The molecule has 4 atom stereocenters. The number of methoxy groups -OCH3 is 1. The molecule has 2 saturated heterocycles. The Labute approximate surface area is 240 Å². The maximum absolute atomic E-state index is 13.6. The number of fused-ring (bicyclic) bond motifs is 1. The van der Waals surface area contributed by atoms with Crippen molar-refractivity contribution in [3.8, 4) is 0 Å². The average molecular weight is 592 g/mol. The number of alkyl halides is 3. The molecule has 2 N–H and O–H groups in total. The number of carbonyl (C=O) groups is 5. The van der Waals surface area contributed by atoms with Gasteiger partial charge in [0.1, 0.15) is 5.54 Å². The van der Waals surface area contributed by atoms with Crippen molar-refractivity contribution in [2.75, 3.05) is 20.2 Å². The first-order valence-corrected chi connectivity index (χ1v) is 13.1. The van der Waals surface area contributed by atoms with Crippen LogP contribution in [0.3, 0.4) is 0 Å². The van der Waals surface area contributed by atoms with Crippen LogP contribution in [0.5, 0.6) is 0 Å². The van der Waals surface area contributed by atoms with Crippen LogP contribution in [0, 0.1) is 18.8 Å². The Bertz CT molecular complexity index is 1330. The summed E-state index contributed by atoms with van der Waals surface area (Å²) in [5, 5.41) is 10.3. The summed E-state index contributed by atoms with van der Waals surface area (Å²) in [6.45, 7) is 6.14. The predicted octanol–water partition coefficient (Wildman–Crippen LogP) is 2.80. The lowest BCUT2D eigenvalue weighted by Gasteiger charge is -2.30. The summed E-state index contributed by atoms with van der Waals surface area (Å²) in [6.07, 6.45) is -5.08. The van der Waals surface area contributed by atoms with Gasteiger partial charge in [-0.05, 0) is 38.5 Å². The van der Waals surface area contributed by atoms with E-state index in [0.29, 0.717) is 12.1 Å². The molecule has 10 nitrogen and oxygen atoms in total. The molecule has 0 unspecified atom stereocenters. The maximum atomic E-state index is 13.6. The maximum Gasteiger partial charge on any atom is 0.490 e. The molecule has 2 aliphatic heterocycles. The molecule has 42 heavy (non-hydrogen) atoms. The number of aryl methyl sites for hydroxylation is 1. The van der Waals surface area contributed by atoms with Gasteiger partial charge in [-0.2, -0.15) is 13.2 Å². The van der Waals surface area contributed by atoms with Crippen molar-refractivity contribution in [3.63, 3.8) is 0 Å². The molecule has 0 aromatic heterocycles. The third-order valence-corrected chi connectivity index (χ3v) is 7.40. The van der Waals surface area contributed by atoms with Crippen LogP contribution < -0.4 is 5.32 Å². The Morgan fingerprint density at radius 1 is 1.05 bits per heavy atom. The van der Waals surface area contributed by atoms with Crippen LogP contribution in [-0.4, -0.2) is 82.5 Å². The minimum Gasteiger partial charge on any atom is -0.475 e. The standard InChI is InChI=1S/C27H31N3O5.C2HF3O2/c1-5-29(23(31)19-13-11-17(2)12-14-19)16-20-21-22(27(3,28-20)26(34)35-4)25(33)30(24(21)32)15-18-9-7-6-8-10-18;3-2(4,5)1(6)7/h6-14,20-22,28H,5,15-16H2,1-4H3;(H,6,7)/t20-,21+,22-,27-;/m1./s1. The van der Waals surface area contributed by atoms with Gasteiger partial charge >= 0.3 is 18.1 Å². The summed E-state index contributed by atoms with van der Waals surface area (Å²) >= 11 is 0. The van der Waals surface area contributed by atoms with Crippen LogP contribution in [0.25, 0.3) is 0 Å². The van der Waals surface area contributed by atoms with E-state index >= 15 is 0 Å². The van der Waals surface area contributed by atoms with Crippen molar-refractivity contribution in [1.82, 2.24) is 15.1 Å². The number of hydrogen-bond acceptors (Lipinski definition) is 7. The van der Waals surface area contributed by atoms with Crippen molar-refractivity contribution in [1.29, 1.82) is 0 Å². The first kappa shape index (κ1) is 32.3. The number of nitrogens with one attached hydrogen (secondary N) is 1. The van der Waals surface area contributed by atoms with Gasteiger partial charge in [0.2, 0.25) is 11.8 Å². The van der Waals surface area contributed by atoms with Gasteiger partial charge in [0.15, 0.2) is 0 Å². The Morgan fingerprint density at radius 3 is 2.12 bits per heavy atom. The van der Waals surface area contributed by atoms with Crippen LogP contribution >= 0.6 is 0 Å². The highest BCUT2D eigenvalue weighted by molar-refractivity contribution is 6.09. The first-order valence-electron chi connectivity index (χ1n) is 13.1. The second kappa shape index (κ2) is 12.7. The number of nitrogens with zero attached hydrogens (tertiary/aromatic N) is 2. The topological polar surface area (TPSA) is 133 Å². The Kier molecular flexibility index (Phi) is 9.77. The number of halogens is 3. The van der Waals surface area contributed by atoms with E-state index in [4.69, 9.17) is 14.6 Å². The lowest BCUT2D eigenvalue weighted by Crippen LogP contribution is -2.56. The summed E-state index contributed by atoms with van der Waals surface area (Å²) in [4.78, 5) is 64.9. The van der Waals surface area contributed by atoms with Crippen molar-refractivity contribution in [3.05, 3.63) is 71.3 Å². The van der Waals surface area contributed by atoms with Crippen LogP contribution in [0.1, 0.15) is 35.3 Å². The summed E-state index contributed by atoms with van der Waals surface area (Å²) in [5.74, 6) is -5.97. The van der Waals surface area contributed by atoms with Crippen molar-refractivity contribution in [2.45, 2.75) is 45.1 Å². The molecule has 2 aliphatic rings. The quantitative estimate of drug-likeness (QED) is 0.371. The summed E-state index contributed by atoms with van der Waals surface area (Å²) < 4.78 is 36.8. The van der Waals surface area contributed by atoms with Crippen LogP contribution in [0.4, 0.5) is 13.2 Å². The number of carboxylic acid groups (broad SMARTS) is 1. The molecule has 2 fully saturated rings. The molecule has 4 rings (SSSR count). The first-order chi connectivity index (χ1) is 19.6. The molecule has 3 amide bonds. The predicted molar refractivity (Wildman–Crippen MR) is 143 cm³/mol. The zero-order valence-electron chi connectivity index (χ0n) is 23.5. The number of benzene rings is 2. The van der Waals surface area contributed by atoms with Gasteiger partial charge in [0.05, 0.1) is 25.5 Å². The van der Waals surface area contributed by atoms with Gasteiger partial charge in [0.25, 0.3) is 5.91 Å². The molecule has 0 spiro atoms. The molecule has 226 valence electrons. The molecule has 0 radical (unpaired) electrons. The fourth-order valence-corrected chi connectivity index (χ4v) is 5.28. The third kappa shape index (κ3) is 6.62. The Balaban J connectivity index is 0.000000616. The number of imide groups is 1. The lowest BCUT2D eigenvalue weighted by atomic mass is 9.81. The number of carboxylic acids is 1. The Morgan fingerprint density at radius 2 is 1.62 bits per heavy atom. The zero-order valence-corrected chi connectivity index (χ0v) is 23.5.